The molecule has 0 aromatic heterocycles. The summed E-state index contributed by atoms with van der Waals surface area (Å²) in [5.74, 6) is 0.492. The summed E-state index contributed by atoms with van der Waals surface area (Å²) in [6, 6.07) is 0.555. The molecule has 1 N–H and O–H groups in total. The minimum absolute atomic E-state index is 0.00431. The van der Waals surface area contributed by atoms with Gasteiger partial charge in [-0.05, 0) is 39.2 Å². The molecule has 2 aliphatic heterocycles. The number of hydrogen-bond acceptors (Lipinski definition) is 3. The largest absolute Gasteiger partial charge is 0.396 e. The Kier molecular flexibility index (Phi) is 2.82. The zero-order valence-corrected chi connectivity index (χ0v) is 9.20. The van der Waals surface area contributed by atoms with Crippen LogP contribution in [0.5, 0.6) is 0 Å². The van der Waals surface area contributed by atoms with Gasteiger partial charge in [-0.3, -0.25) is 4.90 Å². The number of hydrogen-bond donors (Lipinski definition) is 1. The summed E-state index contributed by atoms with van der Waals surface area (Å²) in [5, 5.41) is 9.10. The Hall–Kier alpha value is -0.120. The molecule has 2 rings (SSSR count). The predicted molar refractivity (Wildman–Crippen MR) is 55.2 cm³/mol. The van der Waals surface area contributed by atoms with Crippen molar-refractivity contribution in [3.8, 4) is 0 Å². The van der Waals surface area contributed by atoms with Crippen molar-refractivity contribution >= 4 is 0 Å². The van der Waals surface area contributed by atoms with Gasteiger partial charge in [-0.2, -0.15) is 0 Å². The molecule has 2 heterocycles. The lowest BCUT2D eigenvalue weighted by Crippen LogP contribution is -2.45. The molecule has 14 heavy (non-hydrogen) atoms. The third-order valence-corrected chi connectivity index (χ3v) is 3.68. The number of likely N-dealkylation sites (tertiary alicyclic amines) is 1. The zero-order chi connectivity index (χ0) is 10.2. The van der Waals surface area contributed by atoms with Crippen molar-refractivity contribution in [3.05, 3.63) is 0 Å². The highest BCUT2D eigenvalue weighted by Gasteiger charge is 2.41. The minimum atomic E-state index is 0.00431. The first-order valence-corrected chi connectivity index (χ1v) is 5.62. The molecule has 0 aromatic carbocycles. The number of ether oxygens (including phenoxy) is 1. The van der Waals surface area contributed by atoms with E-state index < -0.39 is 0 Å². The first-order chi connectivity index (χ1) is 6.63. The molecular weight excluding hydrogens is 178 g/mol. The van der Waals surface area contributed by atoms with Crippen molar-refractivity contribution < 1.29 is 9.84 Å². The molecule has 3 nitrogen and oxygen atoms in total. The van der Waals surface area contributed by atoms with Gasteiger partial charge in [0, 0.05) is 25.8 Å². The maximum Gasteiger partial charge on any atom is 0.0781 e. The molecule has 2 saturated heterocycles. The highest BCUT2D eigenvalue weighted by atomic mass is 16.5. The van der Waals surface area contributed by atoms with Crippen LogP contribution in [0.4, 0.5) is 0 Å². The maximum atomic E-state index is 9.10. The van der Waals surface area contributed by atoms with Crippen LogP contribution in [0.15, 0.2) is 0 Å². The zero-order valence-electron chi connectivity index (χ0n) is 9.20. The van der Waals surface area contributed by atoms with Gasteiger partial charge in [0.25, 0.3) is 0 Å². The Bertz CT molecular complexity index is 205. The van der Waals surface area contributed by atoms with Crippen LogP contribution in [-0.4, -0.2) is 48.0 Å². The second-order valence-electron chi connectivity index (χ2n) is 5.09. The third-order valence-electron chi connectivity index (χ3n) is 3.68. The van der Waals surface area contributed by atoms with Gasteiger partial charge < -0.3 is 9.84 Å². The van der Waals surface area contributed by atoms with E-state index in [9.17, 15) is 0 Å². The average Bonchev–Trinajstić information content (AvgIpc) is 2.70. The lowest BCUT2D eigenvalue weighted by atomic mass is 9.97. The Labute approximate surface area is 86.0 Å². The number of aliphatic hydroxyl groups excluding tert-OH is 1. The monoisotopic (exact) mass is 199 g/mol. The van der Waals surface area contributed by atoms with Crippen LogP contribution in [0.1, 0.15) is 26.7 Å². The highest BCUT2D eigenvalue weighted by Crippen LogP contribution is 2.32. The highest BCUT2D eigenvalue weighted by molar-refractivity contribution is 4.94. The van der Waals surface area contributed by atoms with E-state index in [1.165, 1.54) is 0 Å². The SMILES string of the molecule is CC1(C)OCCC1N1CCC(CO)C1. The summed E-state index contributed by atoms with van der Waals surface area (Å²) in [4.78, 5) is 2.49. The molecule has 2 fully saturated rings. The summed E-state index contributed by atoms with van der Waals surface area (Å²) in [6.07, 6.45) is 2.29. The number of rotatable bonds is 2. The van der Waals surface area contributed by atoms with E-state index in [0.717, 1.165) is 32.5 Å². The fourth-order valence-corrected chi connectivity index (χ4v) is 2.79. The van der Waals surface area contributed by atoms with Gasteiger partial charge in [-0.15, -0.1) is 0 Å². The Balaban J connectivity index is 1.96. The van der Waals surface area contributed by atoms with Crippen molar-refractivity contribution in [2.45, 2.75) is 38.3 Å². The van der Waals surface area contributed by atoms with Gasteiger partial charge in [-0.1, -0.05) is 0 Å². The van der Waals surface area contributed by atoms with Crippen LogP contribution in [0, 0.1) is 5.92 Å². The molecule has 3 heteroatoms. The second-order valence-corrected chi connectivity index (χ2v) is 5.09. The van der Waals surface area contributed by atoms with Crippen LogP contribution in [0.25, 0.3) is 0 Å². The smallest absolute Gasteiger partial charge is 0.0781 e. The fourth-order valence-electron chi connectivity index (χ4n) is 2.79. The van der Waals surface area contributed by atoms with Gasteiger partial charge in [0.2, 0.25) is 0 Å². The summed E-state index contributed by atoms with van der Waals surface area (Å²) < 4.78 is 5.73. The number of aliphatic hydroxyl groups is 1. The third kappa shape index (κ3) is 1.81. The van der Waals surface area contributed by atoms with E-state index in [4.69, 9.17) is 9.84 Å². The fraction of sp³-hybridized carbons (Fsp3) is 1.00. The first-order valence-electron chi connectivity index (χ1n) is 5.62. The standard InChI is InChI=1S/C11H21NO2/c1-11(2)10(4-6-14-11)12-5-3-9(7-12)8-13/h9-10,13H,3-8H2,1-2H3. The van der Waals surface area contributed by atoms with Crippen LogP contribution < -0.4 is 0 Å². The van der Waals surface area contributed by atoms with Gasteiger partial charge in [0.1, 0.15) is 0 Å². The van der Waals surface area contributed by atoms with Crippen molar-refractivity contribution in [1.82, 2.24) is 4.90 Å². The molecule has 0 saturated carbocycles. The maximum absolute atomic E-state index is 9.10. The Morgan fingerprint density at radius 2 is 2.21 bits per heavy atom. The second kappa shape index (κ2) is 3.80. The van der Waals surface area contributed by atoms with Crippen LogP contribution >= 0.6 is 0 Å². The van der Waals surface area contributed by atoms with Crippen molar-refractivity contribution in [1.29, 1.82) is 0 Å². The molecule has 0 aromatic rings. The van der Waals surface area contributed by atoms with E-state index in [1.807, 2.05) is 0 Å². The van der Waals surface area contributed by atoms with Gasteiger partial charge >= 0.3 is 0 Å². The normalized spacial score (nSPS) is 37.9. The lowest BCUT2D eigenvalue weighted by Gasteiger charge is -2.33. The van der Waals surface area contributed by atoms with Gasteiger partial charge in [0.15, 0.2) is 0 Å². The van der Waals surface area contributed by atoms with Gasteiger partial charge in [0.05, 0.1) is 5.60 Å². The molecule has 0 radical (unpaired) electrons. The summed E-state index contributed by atoms with van der Waals surface area (Å²) in [5.41, 5.74) is 0.00431. The quantitative estimate of drug-likeness (QED) is 0.716. The first kappa shape index (κ1) is 10.4. The minimum Gasteiger partial charge on any atom is -0.396 e. The topological polar surface area (TPSA) is 32.7 Å². The summed E-state index contributed by atoms with van der Waals surface area (Å²) in [7, 11) is 0. The summed E-state index contributed by atoms with van der Waals surface area (Å²) in [6.45, 7) is 7.76. The van der Waals surface area contributed by atoms with E-state index >= 15 is 0 Å². The molecule has 82 valence electrons. The summed E-state index contributed by atoms with van der Waals surface area (Å²) >= 11 is 0. The predicted octanol–water partition coefficient (Wildman–Crippen LogP) is 0.868. The lowest BCUT2D eigenvalue weighted by molar-refractivity contribution is -0.00620. The van der Waals surface area contributed by atoms with E-state index in [-0.39, 0.29) is 5.60 Å². The average molecular weight is 199 g/mol. The van der Waals surface area contributed by atoms with E-state index in [2.05, 4.69) is 18.7 Å². The molecule has 2 unspecified atom stereocenters. The molecule has 0 amide bonds. The van der Waals surface area contributed by atoms with Crippen LogP contribution in [0.2, 0.25) is 0 Å². The Morgan fingerprint density at radius 1 is 1.43 bits per heavy atom. The van der Waals surface area contributed by atoms with Crippen molar-refractivity contribution in [2.24, 2.45) is 5.92 Å². The van der Waals surface area contributed by atoms with E-state index in [0.29, 0.717) is 18.6 Å². The molecular formula is C11H21NO2. The van der Waals surface area contributed by atoms with Crippen LogP contribution in [-0.2, 0) is 4.74 Å². The molecule has 2 atom stereocenters. The van der Waals surface area contributed by atoms with Crippen molar-refractivity contribution in [2.75, 3.05) is 26.3 Å². The number of nitrogens with zero attached hydrogens (tertiary/aromatic N) is 1. The molecule has 2 aliphatic rings. The van der Waals surface area contributed by atoms with Crippen molar-refractivity contribution in [3.63, 3.8) is 0 Å². The van der Waals surface area contributed by atoms with Gasteiger partial charge in [-0.25, -0.2) is 0 Å². The molecule has 0 spiro atoms. The molecule has 0 bridgehead atoms. The Morgan fingerprint density at radius 3 is 2.71 bits per heavy atom. The van der Waals surface area contributed by atoms with Crippen LogP contribution in [0.3, 0.4) is 0 Å². The molecule has 0 aliphatic carbocycles. The van der Waals surface area contributed by atoms with E-state index in [1.54, 1.807) is 0 Å².